The molecule has 2 aliphatic rings. The second-order valence-electron chi connectivity index (χ2n) is 6.33. The van der Waals surface area contributed by atoms with Gasteiger partial charge in [0, 0.05) is 18.6 Å². The van der Waals surface area contributed by atoms with E-state index in [4.69, 9.17) is 0 Å². The van der Waals surface area contributed by atoms with Gasteiger partial charge in [0.05, 0.1) is 4.90 Å². The molecule has 1 aromatic carbocycles. The van der Waals surface area contributed by atoms with Crippen LogP contribution in [0.1, 0.15) is 44.2 Å². The Kier molecular flexibility index (Phi) is 4.08. The molecule has 1 unspecified atom stereocenters. The molecule has 1 atom stereocenters. The minimum absolute atomic E-state index is 0.229. The number of hydrogen-bond donors (Lipinski definition) is 1. The van der Waals surface area contributed by atoms with Gasteiger partial charge in [-0.05, 0) is 63.3 Å². The molecule has 5 heteroatoms. The minimum Gasteiger partial charge on any atom is -0.313 e. The van der Waals surface area contributed by atoms with Gasteiger partial charge < -0.3 is 5.32 Å². The lowest BCUT2D eigenvalue weighted by molar-refractivity contribution is 0.389. The molecule has 0 heterocycles. The van der Waals surface area contributed by atoms with Crippen LogP contribution in [0.25, 0.3) is 0 Å². The van der Waals surface area contributed by atoms with E-state index in [-0.39, 0.29) is 12.1 Å². The Morgan fingerprint density at radius 2 is 1.81 bits per heavy atom. The van der Waals surface area contributed by atoms with Crippen molar-refractivity contribution in [2.75, 3.05) is 13.6 Å². The molecule has 2 aliphatic carbocycles. The van der Waals surface area contributed by atoms with Crippen LogP contribution in [0.5, 0.6) is 0 Å². The zero-order chi connectivity index (χ0) is 15.0. The van der Waals surface area contributed by atoms with Gasteiger partial charge in [-0.15, -0.1) is 0 Å². The molecule has 21 heavy (non-hydrogen) atoms. The molecule has 2 saturated carbocycles. The SMILES string of the molecule is CNC(C)c1ccc(S(=O)(=O)N(CC2CC2)C2CC2)cc1. The zero-order valence-electron chi connectivity index (χ0n) is 12.7. The summed E-state index contributed by atoms with van der Waals surface area (Å²) in [4.78, 5) is 0.433. The van der Waals surface area contributed by atoms with Gasteiger partial charge in [-0.1, -0.05) is 12.1 Å². The fraction of sp³-hybridized carbons (Fsp3) is 0.625. The number of sulfonamides is 1. The first-order chi connectivity index (χ1) is 10.0. The average molecular weight is 308 g/mol. The van der Waals surface area contributed by atoms with Crippen LogP contribution in [0.15, 0.2) is 29.2 Å². The first-order valence-corrected chi connectivity index (χ1v) is 9.25. The topological polar surface area (TPSA) is 49.4 Å². The molecule has 1 aromatic rings. The van der Waals surface area contributed by atoms with Crippen LogP contribution in [0.4, 0.5) is 0 Å². The summed E-state index contributed by atoms with van der Waals surface area (Å²) in [6, 6.07) is 7.80. The molecule has 0 aromatic heterocycles. The quantitative estimate of drug-likeness (QED) is 0.842. The van der Waals surface area contributed by atoms with Gasteiger partial charge in [0.15, 0.2) is 0 Å². The second-order valence-corrected chi connectivity index (χ2v) is 8.22. The first kappa shape index (κ1) is 15.0. The lowest BCUT2D eigenvalue weighted by Crippen LogP contribution is -2.34. The Bertz CT molecular complexity index is 589. The summed E-state index contributed by atoms with van der Waals surface area (Å²) < 4.78 is 27.4. The van der Waals surface area contributed by atoms with Crippen molar-refractivity contribution in [3.63, 3.8) is 0 Å². The van der Waals surface area contributed by atoms with Gasteiger partial charge in [-0.25, -0.2) is 8.42 Å². The maximum atomic E-state index is 12.8. The van der Waals surface area contributed by atoms with E-state index in [1.54, 1.807) is 16.4 Å². The molecule has 1 N–H and O–H groups in total. The van der Waals surface area contributed by atoms with Gasteiger partial charge in [0.25, 0.3) is 0 Å². The number of rotatable bonds is 7. The standard InChI is InChI=1S/C16H24N2O2S/c1-12(17-2)14-5-9-16(10-6-14)21(19,20)18(15-7-8-15)11-13-3-4-13/h5-6,9-10,12-13,15,17H,3-4,7-8,11H2,1-2H3. The molecule has 116 valence electrons. The molecule has 2 fully saturated rings. The number of nitrogens with one attached hydrogen (secondary N) is 1. The smallest absolute Gasteiger partial charge is 0.243 e. The summed E-state index contributed by atoms with van der Waals surface area (Å²) in [5.41, 5.74) is 1.11. The first-order valence-electron chi connectivity index (χ1n) is 7.81. The van der Waals surface area contributed by atoms with Crippen LogP contribution >= 0.6 is 0 Å². The van der Waals surface area contributed by atoms with Gasteiger partial charge in [-0.3, -0.25) is 0 Å². The third kappa shape index (κ3) is 3.30. The molecular weight excluding hydrogens is 284 g/mol. The lowest BCUT2D eigenvalue weighted by Gasteiger charge is -2.22. The van der Waals surface area contributed by atoms with Crippen molar-refractivity contribution in [1.82, 2.24) is 9.62 Å². The van der Waals surface area contributed by atoms with Crippen LogP contribution in [0.2, 0.25) is 0 Å². The number of nitrogens with zero attached hydrogens (tertiary/aromatic N) is 1. The number of benzene rings is 1. The Morgan fingerprint density at radius 1 is 1.19 bits per heavy atom. The van der Waals surface area contributed by atoms with E-state index in [0.29, 0.717) is 17.4 Å². The highest BCUT2D eigenvalue weighted by atomic mass is 32.2. The van der Waals surface area contributed by atoms with Crippen LogP contribution in [-0.2, 0) is 10.0 Å². The lowest BCUT2D eigenvalue weighted by atomic mass is 10.1. The van der Waals surface area contributed by atoms with Crippen LogP contribution in [-0.4, -0.2) is 32.4 Å². The Hall–Kier alpha value is -0.910. The summed E-state index contributed by atoms with van der Waals surface area (Å²) in [5.74, 6) is 0.587. The summed E-state index contributed by atoms with van der Waals surface area (Å²) >= 11 is 0. The predicted octanol–water partition coefficient (Wildman–Crippen LogP) is 2.53. The fourth-order valence-corrected chi connectivity index (χ4v) is 4.35. The van der Waals surface area contributed by atoms with Crippen molar-refractivity contribution < 1.29 is 8.42 Å². The van der Waals surface area contributed by atoms with Crippen LogP contribution < -0.4 is 5.32 Å². The maximum absolute atomic E-state index is 12.8. The molecule has 0 aliphatic heterocycles. The van der Waals surface area contributed by atoms with Crippen molar-refractivity contribution in [2.45, 2.75) is 49.6 Å². The van der Waals surface area contributed by atoms with Gasteiger partial charge in [0.1, 0.15) is 0 Å². The predicted molar refractivity (Wildman–Crippen MR) is 83.6 cm³/mol. The molecule has 0 saturated heterocycles. The summed E-state index contributed by atoms with van der Waals surface area (Å²) in [7, 11) is -1.43. The second kappa shape index (κ2) is 5.71. The Balaban J connectivity index is 1.82. The van der Waals surface area contributed by atoms with E-state index in [1.807, 2.05) is 19.2 Å². The van der Waals surface area contributed by atoms with Crippen LogP contribution in [0.3, 0.4) is 0 Å². The van der Waals surface area contributed by atoms with Gasteiger partial charge in [-0.2, -0.15) is 4.31 Å². The third-order valence-electron chi connectivity index (χ3n) is 4.51. The van der Waals surface area contributed by atoms with E-state index in [9.17, 15) is 8.42 Å². The minimum atomic E-state index is -3.33. The van der Waals surface area contributed by atoms with Crippen molar-refractivity contribution in [1.29, 1.82) is 0 Å². The van der Waals surface area contributed by atoms with Crippen molar-refractivity contribution in [3.05, 3.63) is 29.8 Å². The van der Waals surface area contributed by atoms with Gasteiger partial charge >= 0.3 is 0 Å². The van der Waals surface area contributed by atoms with Crippen molar-refractivity contribution in [3.8, 4) is 0 Å². The molecule has 0 amide bonds. The third-order valence-corrected chi connectivity index (χ3v) is 6.44. The van der Waals surface area contributed by atoms with E-state index >= 15 is 0 Å². The highest BCUT2D eigenvalue weighted by Crippen LogP contribution is 2.38. The fourth-order valence-electron chi connectivity index (χ4n) is 2.59. The summed E-state index contributed by atoms with van der Waals surface area (Å²) in [6.45, 7) is 2.77. The van der Waals surface area contributed by atoms with Crippen LogP contribution in [0, 0.1) is 5.92 Å². The Morgan fingerprint density at radius 3 is 2.29 bits per heavy atom. The molecule has 0 bridgehead atoms. The number of hydrogen-bond acceptors (Lipinski definition) is 3. The summed E-state index contributed by atoms with van der Waals surface area (Å²) in [6.07, 6.45) is 4.39. The highest BCUT2D eigenvalue weighted by molar-refractivity contribution is 7.89. The van der Waals surface area contributed by atoms with Gasteiger partial charge in [0.2, 0.25) is 10.0 Å². The normalized spacial score (nSPS) is 20.7. The molecular formula is C16H24N2O2S. The van der Waals surface area contributed by atoms with E-state index in [2.05, 4.69) is 12.2 Å². The monoisotopic (exact) mass is 308 g/mol. The van der Waals surface area contributed by atoms with E-state index in [0.717, 1.165) is 18.4 Å². The highest BCUT2D eigenvalue weighted by Gasteiger charge is 2.41. The van der Waals surface area contributed by atoms with Crippen molar-refractivity contribution >= 4 is 10.0 Å². The maximum Gasteiger partial charge on any atom is 0.243 e. The largest absolute Gasteiger partial charge is 0.313 e. The molecule has 3 rings (SSSR count). The summed E-state index contributed by atoms with van der Waals surface area (Å²) in [5, 5.41) is 3.16. The van der Waals surface area contributed by atoms with E-state index in [1.165, 1.54) is 12.8 Å². The molecule has 4 nitrogen and oxygen atoms in total. The zero-order valence-corrected chi connectivity index (χ0v) is 13.6. The molecule has 0 radical (unpaired) electrons. The van der Waals surface area contributed by atoms with E-state index < -0.39 is 10.0 Å². The Labute approximate surface area is 127 Å². The average Bonchev–Trinajstić information content (AvgIpc) is 3.37. The van der Waals surface area contributed by atoms with Crippen molar-refractivity contribution in [2.24, 2.45) is 5.92 Å². The molecule has 0 spiro atoms.